The molecule has 0 unspecified atom stereocenters. The van der Waals surface area contributed by atoms with E-state index in [0.717, 1.165) is 0 Å². The van der Waals surface area contributed by atoms with Crippen LogP contribution in [0.5, 0.6) is 0 Å². The SMILES string of the molecule is C=CC[C@]1(F)CN(c2nccc(N)n2)CC[C@H]1OC. The predicted molar refractivity (Wildman–Crippen MR) is 72.7 cm³/mol. The zero-order valence-corrected chi connectivity index (χ0v) is 11.1. The Balaban J connectivity index is 2.20. The van der Waals surface area contributed by atoms with Gasteiger partial charge in [-0.2, -0.15) is 4.98 Å². The molecule has 19 heavy (non-hydrogen) atoms. The van der Waals surface area contributed by atoms with E-state index in [-0.39, 0.29) is 13.0 Å². The molecule has 1 fully saturated rings. The zero-order chi connectivity index (χ0) is 13.9. The fourth-order valence-electron chi connectivity index (χ4n) is 2.48. The van der Waals surface area contributed by atoms with Gasteiger partial charge in [-0.25, -0.2) is 9.37 Å². The lowest BCUT2D eigenvalue weighted by molar-refractivity contribution is -0.0471. The number of halogens is 1. The van der Waals surface area contributed by atoms with Crippen LogP contribution < -0.4 is 10.6 Å². The summed E-state index contributed by atoms with van der Waals surface area (Å²) >= 11 is 0. The van der Waals surface area contributed by atoms with E-state index in [1.54, 1.807) is 23.2 Å². The highest BCUT2D eigenvalue weighted by molar-refractivity contribution is 5.39. The van der Waals surface area contributed by atoms with Gasteiger partial charge in [0.25, 0.3) is 0 Å². The maximum atomic E-state index is 14.9. The maximum Gasteiger partial charge on any atom is 0.227 e. The largest absolute Gasteiger partial charge is 0.384 e. The molecule has 0 bridgehead atoms. The van der Waals surface area contributed by atoms with Crippen LogP contribution in [-0.4, -0.2) is 41.9 Å². The minimum Gasteiger partial charge on any atom is -0.384 e. The van der Waals surface area contributed by atoms with E-state index in [4.69, 9.17) is 10.5 Å². The van der Waals surface area contributed by atoms with Crippen LogP contribution in [0.4, 0.5) is 16.2 Å². The summed E-state index contributed by atoms with van der Waals surface area (Å²) in [6.07, 6.45) is 3.55. The first-order chi connectivity index (χ1) is 9.09. The number of allylic oxidation sites excluding steroid dienone is 1. The van der Waals surface area contributed by atoms with Crippen LogP contribution in [0.1, 0.15) is 12.8 Å². The van der Waals surface area contributed by atoms with Gasteiger partial charge in [0.2, 0.25) is 5.95 Å². The Morgan fingerprint density at radius 3 is 3.16 bits per heavy atom. The Bertz CT molecular complexity index is 456. The van der Waals surface area contributed by atoms with Crippen molar-refractivity contribution in [1.29, 1.82) is 0 Å². The number of aromatic nitrogens is 2. The molecule has 0 amide bonds. The van der Waals surface area contributed by atoms with E-state index in [0.29, 0.717) is 24.7 Å². The summed E-state index contributed by atoms with van der Waals surface area (Å²) in [6, 6.07) is 1.61. The van der Waals surface area contributed by atoms with Crippen LogP contribution in [0.15, 0.2) is 24.9 Å². The van der Waals surface area contributed by atoms with E-state index < -0.39 is 11.8 Å². The molecular formula is C13H19FN4O. The lowest BCUT2D eigenvalue weighted by Gasteiger charge is -2.42. The van der Waals surface area contributed by atoms with Crippen LogP contribution >= 0.6 is 0 Å². The lowest BCUT2D eigenvalue weighted by Crippen LogP contribution is -2.55. The fraction of sp³-hybridized carbons (Fsp3) is 0.538. The van der Waals surface area contributed by atoms with E-state index >= 15 is 0 Å². The molecule has 0 aromatic carbocycles. The summed E-state index contributed by atoms with van der Waals surface area (Å²) in [4.78, 5) is 10.1. The molecule has 1 aliphatic heterocycles. The maximum absolute atomic E-state index is 14.9. The second-order valence-corrected chi connectivity index (χ2v) is 4.74. The first kappa shape index (κ1) is 13.7. The van der Waals surface area contributed by atoms with Crippen LogP contribution in [0.25, 0.3) is 0 Å². The molecule has 0 radical (unpaired) electrons. The van der Waals surface area contributed by atoms with Crippen molar-refractivity contribution in [2.24, 2.45) is 0 Å². The summed E-state index contributed by atoms with van der Waals surface area (Å²) in [5, 5.41) is 0. The Labute approximate surface area is 112 Å². The van der Waals surface area contributed by atoms with E-state index in [2.05, 4.69) is 16.5 Å². The van der Waals surface area contributed by atoms with Crippen molar-refractivity contribution in [2.75, 3.05) is 30.8 Å². The molecule has 6 heteroatoms. The highest BCUT2D eigenvalue weighted by atomic mass is 19.1. The minimum absolute atomic E-state index is 0.182. The molecule has 2 atom stereocenters. The summed E-state index contributed by atoms with van der Waals surface area (Å²) in [5.74, 6) is 0.840. The molecule has 2 N–H and O–H groups in total. The average molecular weight is 266 g/mol. The number of nitrogens with zero attached hydrogens (tertiary/aromatic N) is 3. The molecule has 104 valence electrons. The van der Waals surface area contributed by atoms with Crippen molar-refractivity contribution in [3.05, 3.63) is 24.9 Å². The van der Waals surface area contributed by atoms with Gasteiger partial charge in [-0.05, 0) is 12.5 Å². The molecule has 0 spiro atoms. The Morgan fingerprint density at radius 1 is 1.74 bits per heavy atom. The second kappa shape index (κ2) is 5.52. The third-order valence-electron chi connectivity index (χ3n) is 3.41. The lowest BCUT2D eigenvalue weighted by atomic mass is 9.88. The van der Waals surface area contributed by atoms with E-state index in [1.165, 1.54) is 7.11 Å². The van der Waals surface area contributed by atoms with Crippen molar-refractivity contribution >= 4 is 11.8 Å². The molecule has 0 saturated carbocycles. The fourth-order valence-corrected chi connectivity index (χ4v) is 2.48. The normalized spacial score (nSPS) is 27.3. The van der Waals surface area contributed by atoms with Crippen LogP contribution in [-0.2, 0) is 4.74 Å². The highest BCUT2D eigenvalue weighted by Gasteiger charge is 2.44. The van der Waals surface area contributed by atoms with E-state index in [1.807, 2.05) is 0 Å². The van der Waals surface area contributed by atoms with Gasteiger partial charge in [0.1, 0.15) is 5.82 Å². The first-order valence-corrected chi connectivity index (χ1v) is 6.25. The number of nitrogens with two attached hydrogens (primary N) is 1. The van der Waals surface area contributed by atoms with Gasteiger partial charge in [-0.1, -0.05) is 6.08 Å². The molecule has 1 aromatic rings. The number of alkyl halides is 1. The van der Waals surface area contributed by atoms with Gasteiger partial charge in [0.15, 0.2) is 5.67 Å². The van der Waals surface area contributed by atoms with Gasteiger partial charge in [0, 0.05) is 26.3 Å². The standard InChI is InChI=1S/C13H19FN4O/c1-3-6-13(14)9-18(8-5-10(13)19-2)12-16-7-4-11(15)17-12/h3-4,7,10H,1,5-6,8-9H2,2H3,(H2,15,16,17)/t10-,13+/m1/s1. The quantitative estimate of drug-likeness (QED) is 0.838. The number of rotatable bonds is 4. The molecule has 5 nitrogen and oxygen atoms in total. The summed E-state index contributed by atoms with van der Waals surface area (Å²) in [7, 11) is 1.54. The monoisotopic (exact) mass is 266 g/mol. The van der Waals surface area contributed by atoms with E-state index in [9.17, 15) is 4.39 Å². The van der Waals surface area contributed by atoms with Gasteiger partial charge < -0.3 is 15.4 Å². The summed E-state index contributed by atoms with van der Waals surface area (Å²) in [5.41, 5.74) is 4.16. The van der Waals surface area contributed by atoms with Gasteiger partial charge in [-0.15, -0.1) is 6.58 Å². The molecule has 0 aliphatic carbocycles. The number of hydrogen-bond donors (Lipinski definition) is 1. The van der Waals surface area contributed by atoms with Crippen molar-refractivity contribution in [2.45, 2.75) is 24.6 Å². The second-order valence-electron chi connectivity index (χ2n) is 4.74. The van der Waals surface area contributed by atoms with Crippen LogP contribution in [0.2, 0.25) is 0 Å². The minimum atomic E-state index is -1.47. The molecule has 2 heterocycles. The Kier molecular flexibility index (Phi) is 3.99. The number of ether oxygens (including phenoxy) is 1. The van der Waals surface area contributed by atoms with Crippen LogP contribution in [0, 0.1) is 0 Å². The number of piperidine rings is 1. The number of anilines is 2. The molecular weight excluding hydrogens is 247 g/mol. The summed E-state index contributed by atoms with van der Waals surface area (Å²) in [6.45, 7) is 4.44. The third kappa shape index (κ3) is 2.84. The number of methoxy groups -OCH3 is 1. The smallest absolute Gasteiger partial charge is 0.227 e. The Morgan fingerprint density at radius 2 is 2.53 bits per heavy atom. The highest BCUT2D eigenvalue weighted by Crippen LogP contribution is 2.32. The van der Waals surface area contributed by atoms with Crippen molar-refractivity contribution in [3.63, 3.8) is 0 Å². The average Bonchev–Trinajstić information content (AvgIpc) is 2.38. The van der Waals surface area contributed by atoms with Crippen molar-refractivity contribution in [1.82, 2.24) is 9.97 Å². The van der Waals surface area contributed by atoms with Crippen molar-refractivity contribution < 1.29 is 9.13 Å². The van der Waals surface area contributed by atoms with Gasteiger partial charge in [0.05, 0.1) is 12.6 Å². The molecule has 1 aliphatic rings. The van der Waals surface area contributed by atoms with Crippen molar-refractivity contribution in [3.8, 4) is 0 Å². The zero-order valence-electron chi connectivity index (χ0n) is 11.1. The first-order valence-electron chi connectivity index (χ1n) is 6.25. The molecule has 1 aromatic heterocycles. The predicted octanol–water partition coefficient (Wildman–Crippen LogP) is 1.57. The number of nitrogen functional groups attached to an aromatic ring is 1. The number of hydrogen-bond acceptors (Lipinski definition) is 5. The topological polar surface area (TPSA) is 64.3 Å². The van der Waals surface area contributed by atoms with Gasteiger partial charge >= 0.3 is 0 Å². The summed E-state index contributed by atoms with van der Waals surface area (Å²) < 4.78 is 20.2. The third-order valence-corrected chi connectivity index (χ3v) is 3.41. The van der Waals surface area contributed by atoms with Crippen LogP contribution in [0.3, 0.4) is 0 Å². The molecule has 1 saturated heterocycles. The van der Waals surface area contributed by atoms with Gasteiger partial charge in [-0.3, -0.25) is 0 Å². The Hall–Kier alpha value is -1.69. The molecule has 2 rings (SSSR count).